The lowest BCUT2D eigenvalue weighted by Gasteiger charge is -2.47. The van der Waals surface area contributed by atoms with Gasteiger partial charge in [-0.2, -0.15) is 13.2 Å². The summed E-state index contributed by atoms with van der Waals surface area (Å²) in [6, 6.07) is 8.49. The zero-order chi connectivity index (χ0) is 22.8. The van der Waals surface area contributed by atoms with Crippen molar-refractivity contribution in [2.75, 3.05) is 11.4 Å². The molecule has 0 radical (unpaired) electrons. The van der Waals surface area contributed by atoms with E-state index in [1.54, 1.807) is 27.7 Å². The average molecular weight is 437 g/mol. The average Bonchev–Trinajstić information content (AvgIpc) is 3.36. The number of nitrogens with zero attached hydrogens (tertiary/aromatic N) is 5. The standard InChI is InChI=1S/C21H26F3N5O2/c1-13-27(14-8-6-5-7-9-14)12-15(29(18(30)31)19(2,3)4)16-25-26-17(28(13)16)20(10-11-20)21(22,23)24/h5-9,13,15H,10-12H2,1-4H3,(H,30,31)/t13-,15+/m1/s1. The number of carboxylic acid groups (broad SMARTS) is 1. The summed E-state index contributed by atoms with van der Waals surface area (Å²) in [5, 5.41) is 18.1. The molecule has 1 amide bonds. The molecule has 0 unspecified atom stereocenters. The number of hydrogen-bond acceptors (Lipinski definition) is 4. The van der Waals surface area contributed by atoms with Crippen molar-refractivity contribution >= 4 is 11.8 Å². The van der Waals surface area contributed by atoms with Gasteiger partial charge in [-0.15, -0.1) is 10.2 Å². The second-order valence-corrected chi connectivity index (χ2v) is 9.29. The number of hydrogen-bond donors (Lipinski definition) is 1. The van der Waals surface area contributed by atoms with Gasteiger partial charge in [-0.1, -0.05) is 18.2 Å². The number of amides is 1. The van der Waals surface area contributed by atoms with Crippen molar-refractivity contribution in [3.63, 3.8) is 0 Å². The van der Waals surface area contributed by atoms with Crippen LogP contribution in [-0.4, -0.2) is 49.1 Å². The SMILES string of the molecule is C[C@@H]1N(c2ccccc2)C[C@H](N(C(=O)O)C(C)(C)C)c2nnc(C3(C(F)(F)F)CC3)n21. The van der Waals surface area contributed by atoms with E-state index in [1.807, 2.05) is 35.2 Å². The first kappa shape index (κ1) is 21.5. The lowest BCUT2D eigenvalue weighted by Crippen LogP contribution is -2.54. The number of carbonyl (C=O) groups is 1. The molecule has 1 fully saturated rings. The summed E-state index contributed by atoms with van der Waals surface area (Å²) >= 11 is 0. The highest BCUT2D eigenvalue weighted by Crippen LogP contribution is 2.59. The smallest absolute Gasteiger partial charge is 0.408 e. The molecule has 31 heavy (non-hydrogen) atoms. The van der Waals surface area contributed by atoms with Gasteiger partial charge in [0.25, 0.3) is 0 Å². The van der Waals surface area contributed by atoms with Crippen LogP contribution in [-0.2, 0) is 5.41 Å². The van der Waals surface area contributed by atoms with Crippen LogP contribution in [0.15, 0.2) is 30.3 Å². The predicted octanol–water partition coefficient (Wildman–Crippen LogP) is 4.73. The van der Waals surface area contributed by atoms with Crippen molar-refractivity contribution < 1.29 is 23.1 Å². The van der Waals surface area contributed by atoms with Crippen LogP contribution in [0.25, 0.3) is 0 Å². The molecular formula is C21H26F3N5O2. The first-order chi connectivity index (χ1) is 14.4. The zero-order valence-electron chi connectivity index (χ0n) is 17.9. The van der Waals surface area contributed by atoms with E-state index in [1.165, 1.54) is 9.47 Å². The van der Waals surface area contributed by atoms with Gasteiger partial charge in [-0.05, 0) is 52.7 Å². The van der Waals surface area contributed by atoms with E-state index in [4.69, 9.17) is 0 Å². The molecule has 1 aromatic carbocycles. The largest absolute Gasteiger partial charge is 0.465 e. The Morgan fingerprint density at radius 2 is 1.77 bits per heavy atom. The molecule has 10 heteroatoms. The molecule has 2 heterocycles. The fourth-order valence-corrected chi connectivity index (χ4v) is 4.57. The van der Waals surface area contributed by atoms with Gasteiger partial charge in [-0.3, -0.25) is 9.47 Å². The number of aromatic nitrogens is 3. The van der Waals surface area contributed by atoms with Crippen LogP contribution in [0.4, 0.5) is 23.7 Å². The Labute approximate surface area is 178 Å². The Hall–Kier alpha value is -2.78. The van der Waals surface area contributed by atoms with Crippen LogP contribution in [0.5, 0.6) is 0 Å². The molecule has 1 N–H and O–H groups in total. The van der Waals surface area contributed by atoms with Crippen molar-refractivity contribution in [2.45, 2.75) is 69.9 Å². The summed E-state index contributed by atoms with van der Waals surface area (Å²) in [4.78, 5) is 15.4. The van der Waals surface area contributed by atoms with Crippen LogP contribution in [0, 0.1) is 0 Å². The summed E-state index contributed by atoms with van der Waals surface area (Å²) in [5.41, 5.74) is -2.02. The van der Waals surface area contributed by atoms with E-state index in [2.05, 4.69) is 10.2 Å². The van der Waals surface area contributed by atoms with Crippen molar-refractivity contribution in [1.82, 2.24) is 19.7 Å². The molecule has 2 aromatic rings. The lowest BCUT2D eigenvalue weighted by atomic mass is 10.00. The Morgan fingerprint density at radius 3 is 2.26 bits per heavy atom. The molecule has 0 saturated heterocycles. The Balaban J connectivity index is 1.90. The van der Waals surface area contributed by atoms with Crippen LogP contribution in [0.2, 0.25) is 0 Å². The molecular weight excluding hydrogens is 411 g/mol. The van der Waals surface area contributed by atoms with Gasteiger partial charge in [-0.25, -0.2) is 4.79 Å². The molecule has 0 bridgehead atoms. The molecule has 1 aromatic heterocycles. The van der Waals surface area contributed by atoms with Gasteiger partial charge in [0, 0.05) is 17.8 Å². The van der Waals surface area contributed by atoms with Crippen LogP contribution in [0.1, 0.15) is 64.4 Å². The van der Waals surface area contributed by atoms with Crippen molar-refractivity contribution in [2.24, 2.45) is 0 Å². The Bertz CT molecular complexity index is 979. The quantitative estimate of drug-likeness (QED) is 0.752. The number of benzene rings is 1. The molecule has 2 aliphatic rings. The Kier molecular flexibility index (Phi) is 4.75. The number of anilines is 1. The highest BCUT2D eigenvalue weighted by atomic mass is 19.4. The van der Waals surface area contributed by atoms with Gasteiger partial charge in [0.1, 0.15) is 23.4 Å². The molecule has 7 nitrogen and oxygen atoms in total. The highest BCUT2D eigenvalue weighted by molar-refractivity contribution is 5.67. The third-order valence-corrected chi connectivity index (χ3v) is 6.26. The van der Waals surface area contributed by atoms with Gasteiger partial charge in [0.05, 0.1) is 0 Å². The summed E-state index contributed by atoms with van der Waals surface area (Å²) in [6.07, 6.45) is -6.20. The Morgan fingerprint density at radius 1 is 1.16 bits per heavy atom. The maximum atomic E-state index is 14.0. The molecule has 0 spiro atoms. The summed E-state index contributed by atoms with van der Waals surface area (Å²) in [5.74, 6) is 0.120. The summed E-state index contributed by atoms with van der Waals surface area (Å²) < 4.78 is 43.4. The molecule has 4 rings (SSSR count). The van der Waals surface area contributed by atoms with E-state index in [0.29, 0.717) is 0 Å². The number of rotatable bonds is 3. The number of halogens is 3. The van der Waals surface area contributed by atoms with Crippen LogP contribution < -0.4 is 4.90 Å². The second kappa shape index (κ2) is 6.86. The van der Waals surface area contributed by atoms with Crippen molar-refractivity contribution in [1.29, 1.82) is 0 Å². The third kappa shape index (κ3) is 3.32. The van der Waals surface area contributed by atoms with E-state index in [9.17, 15) is 23.1 Å². The predicted molar refractivity (Wildman–Crippen MR) is 108 cm³/mol. The minimum absolute atomic E-state index is 0.0424. The van der Waals surface area contributed by atoms with E-state index in [0.717, 1.165) is 5.69 Å². The van der Waals surface area contributed by atoms with Crippen molar-refractivity contribution in [3.8, 4) is 0 Å². The first-order valence-electron chi connectivity index (χ1n) is 10.2. The number of alkyl halides is 3. The minimum atomic E-state index is -4.45. The highest BCUT2D eigenvalue weighted by Gasteiger charge is 2.68. The van der Waals surface area contributed by atoms with Crippen LogP contribution >= 0.6 is 0 Å². The molecule has 1 aliphatic carbocycles. The third-order valence-electron chi connectivity index (χ3n) is 6.26. The van der Waals surface area contributed by atoms with Gasteiger partial charge in [0.2, 0.25) is 0 Å². The summed E-state index contributed by atoms with van der Waals surface area (Å²) in [7, 11) is 0. The number of para-hydroxylation sites is 1. The fraction of sp³-hybridized carbons (Fsp3) is 0.571. The topological polar surface area (TPSA) is 74.5 Å². The zero-order valence-corrected chi connectivity index (χ0v) is 17.9. The fourth-order valence-electron chi connectivity index (χ4n) is 4.57. The lowest BCUT2D eigenvalue weighted by molar-refractivity contribution is -0.163. The maximum Gasteiger partial charge on any atom is 0.408 e. The molecule has 2 atom stereocenters. The van der Waals surface area contributed by atoms with Gasteiger partial charge >= 0.3 is 12.3 Å². The maximum absolute atomic E-state index is 14.0. The number of fused-ring (bicyclic) bond motifs is 1. The van der Waals surface area contributed by atoms with Gasteiger partial charge < -0.3 is 10.0 Å². The monoisotopic (exact) mass is 437 g/mol. The molecule has 1 aliphatic heterocycles. The normalized spacial score (nSPS) is 22.7. The van der Waals surface area contributed by atoms with E-state index >= 15 is 0 Å². The van der Waals surface area contributed by atoms with Gasteiger partial charge in [0.15, 0.2) is 5.82 Å². The second-order valence-electron chi connectivity index (χ2n) is 9.29. The minimum Gasteiger partial charge on any atom is -0.465 e. The van der Waals surface area contributed by atoms with E-state index < -0.39 is 35.4 Å². The van der Waals surface area contributed by atoms with E-state index in [-0.39, 0.29) is 31.0 Å². The van der Waals surface area contributed by atoms with Crippen LogP contribution in [0.3, 0.4) is 0 Å². The molecule has 1 saturated carbocycles. The first-order valence-corrected chi connectivity index (χ1v) is 10.2. The van der Waals surface area contributed by atoms with Crippen molar-refractivity contribution in [3.05, 3.63) is 42.0 Å². The molecule has 168 valence electrons. The summed E-state index contributed by atoms with van der Waals surface area (Å²) in [6.45, 7) is 7.32.